The lowest BCUT2D eigenvalue weighted by Crippen LogP contribution is -2.41. The Morgan fingerprint density at radius 2 is 1.66 bits per heavy atom. The molecule has 5 heteroatoms. The highest BCUT2D eigenvalue weighted by Crippen LogP contribution is 2.34. The SMILES string of the molecule is CCCCCCCC=O.CN1CCCC1.CNC(C)(C)C(C)c1ccc(OC)c(OC)c1. The molecule has 32 heavy (non-hydrogen) atoms. The van der Waals surface area contributed by atoms with Crippen molar-refractivity contribution in [3.63, 3.8) is 0 Å². The van der Waals surface area contributed by atoms with Gasteiger partial charge in [-0.05, 0) is 83.9 Å². The summed E-state index contributed by atoms with van der Waals surface area (Å²) in [6.45, 7) is 11.4. The quantitative estimate of drug-likeness (QED) is 0.328. The predicted octanol–water partition coefficient (Wildman–Crippen LogP) is 6.06. The first kappa shape index (κ1) is 30.4. The molecule has 0 spiro atoms. The third-order valence-corrected chi connectivity index (χ3v) is 6.39. The van der Waals surface area contributed by atoms with Crippen LogP contribution in [0.1, 0.15) is 90.5 Å². The zero-order valence-corrected chi connectivity index (χ0v) is 22.1. The molecule has 1 aliphatic heterocycles. The van der Waals surface area contributed by atoms with Crippen LogP contribution in [0.5, 0.6) is 11.5 Å². The second-order valence-electron chi connectivity index (χ2n) is 9.19. The summed E-state index contributed by atoms with van der Waals surface area (Å²) in [5.41, 5.74) is 1.28. The Morgan fingerprint density at radius 1 is 1.06 bits per heavy atom. The van der Waals surface area contributed by atoms with E-state index in [4.69, 9.17) is 9.47 Å². The van der Waals surface area contributed by atoms with Crippen molar-refractivity contribution in [2.24, 2.45) is 0 Å². The Balaban J connectivity index is 0.000000531. The molecule has 1 aliphatic rings. The van der Waals surface area contributed by atoms with E-state index in [0.717, 1.165) is 30.6 Å². The number of likely N-dealkylation sites (N-methyl/N-ethyl adjacent to an activating group) is 1. The predicted molar refractivity (Wildman–Crippen MR) is 137 cm³/mol. The number of carbonyl (C=O) groups excluding carboxylic acids is 1. The van der Waals surface area contributed by atoms with Gasteiger partial charge in [0.05, 0.1) is 14.2 Å². The molecular weight excluding hydrogens is 400 g/mol. The minimum atomic E-state index is 0.0413. The van der Waals surface area contributed by atoms with Crippen molar-refractivity contribution in [1.82, 2.24) is 10.2 Å². The molecule has 1 aromatic carbocycles. The van der Waals surface area contributed by atoms with Crippen LogP contribution in [0.4, 0.5) is 0 Å². The maximum Gasteiger partial charge on any atom is 0.160 e. The van der Waals surface area contributed by atoms with E-state index in [1.54, 1.807) is 14.2 Å². The van der Waals surface area contributed by atoms with E-state index in [1.165, 1.54) is 57.2 Å². The number of unbranched alkanes of at least 4 members (excludes halogenated alkanes) is 5. The van der Waals surface area contributed by atoms with E-state index in [0.29, 0.717) is 5.92 Å². The molecule has 1 saturated heterocycles. The third kappa shape index (κ3) is 12.4. The highest BCUT2D eigenvalue weighted by Gasteiger charge is 2.25. The van der Waals surface area contributed by atoms with Crippen molar-refractivity contribution in [3.8, 4) is 11.5 Å². The van der Waals surface area contributed by atoms with E-state index < -0.39 is 0 Å². The molecule has 1 fully saturated rings. The number of ether oxygens (including phenoxy) is 2. The second-order valence-corrected chi connectivity index (χ2v) is 9.19. The van der Waals surface area contributed by atoms with Crippen LogP contribution in [0.2, 0.25) is 0 Å². The summed E-state index contributed by atoms with van der Waals surface area (Å²) in [4.78, 5) is 12.2. The number of rotatable bonds is 11. The standard InChI is InChI=1S/C14H23NO2.C8H16O.C5H11N/c1-10(14(2,3)15-4)11-7-8-12(16-5)13(9-11)17-6;1-2-3-4-5-6-7-8-9;1-6-4-2-3-5-6/h7-10,15H,1-6H3;8H,2-7H2,1H3;2-5H2,1H3. The minimum Gasteiger partial charge on any atom is -0.493 e. The number of aldehydes is 1. The van der Waals surface area contributed by atoms with Gasteiger partial charge in [-0.2, -0.15) is 0 Å². The Morgan fingerprint density at radius 3 is 2.09 bits per heavy atom. The maximum absolute atomic E-state index is 9.84. The molecule has 0 bridgehead atoms. The molecule has 0 radical (unpaired) electrons. The molecule has 1 unspecified atom stereocenters. The first-order valence-corrected chi connectivity index (χ1v) is 12.3. The Bertz CT molecular complexity index is 599. The Labute approximate surface area is 198 Å². The molecule has 0 saturated carbocycles. The minimum absolute atomic E-state index is 0.0413. The van der Waals surface area contributed by atoms with Crippen LogP contribution in [0.15, 0.2) is 18.2 Å². The van der Waals surface area contributed by atoms with Crippen molar-refractivity contribution in [1.29, 1.82) is 0 Å². The fraction of sp³-hybridized carbons (Fsp3) is 0.741. The molecular formula is C27H50N2O3. The van der Waals surface area contributed by atoms with E-state index in [-0.39, 0.29) is 5.54 Å². The fourth-order valence-electron chi connectivity index (χ4n) is 3.46. The normalized spacial score (nSPS) is 14.5. The van der Waals surface area contributed by atoms with Crippen molar-refractivity contribution in [2.75, 3.05) is 41.4 Å². The van der Waals surface area contributed by atoms with Crippen molar-refractivity contribution >= 4 is 6.29 Å². The molecule has 0 amide bonds. The number of hydrogen-bond donors (Lipinski definition) is 1. The van der Waals surface area contributed by atoms with Gasteiger partial charge in [-0.1, -0.05) is 45.6 Å². The monoisotopic (exact) mass is 450 g/mol. The summed E-state index contributed by atoms with van der Waals surface area (Å²) in [5.74, 6) is 1.93. The van der Waals surface area contributed by atoms with Crippen LogP contribution >= 0.6 is 0 Å². The van der Waals surface area contributed by atoms with Gasteiger partial charge in [-0.15, -0.1) is 0 Å². The van der Waals surface area contributed by atoms with Crippen LogP contribution in [-0.2, 0) is 4.79 Å². The zero-order chi connectivity index (χ0) is 24.4. The average molecular weight is 451 g/mol. The summed E-state index contributed by atoms with van der Waals surface area (Å²) < 4.78 is 10.6. The van der Waals surface area contributed by atoms with Gasteiger partial charge >= 0.3 is 0 Å². The Kier molecular flexibility index (Phi) is 17.0. The topological polar surface area (TPSA) is 50.8 Å². The lowest BCUT2D eigenvalue weighted by Gasteiger charge is -2.32. The highest BCUT2D eigenvalue weighted by molar-refractivity contribution is 5.48. The molecule has 0 aliphatic carbocycles. The number of hydrogen-bond acceptors (Lipinski definition) is 5. The largest absolute Gasteiger partial charge is 0.493 e. The number of methoxy groups -OCH3 is 2. The van der Waals surface area contributed by atoms with Gasteiger partial charge in [0.15, 0.2) is 11.5 Å². The van der Waals surface area contributed by atoms with Gasteiger partial charge in [0.2, 0.25) is 0 Å². The van der Waals surface area contributed by atoms with Gasteiger partial charge in [0.1, 0.15) is 6.29 Å². The van der Waals surface area contributed by atoms with Gasteiger partial charge in [0, 0.05) is 12.0 Å². The summed E-state index contributed by atoms with van der Waals surface area (Å²) in [5, 5.41) is 3.33. The first-order valence-electron chi connectivity index (χ1n) is 12.3. The van der Waals surface area contributed by atoms with Crippen LogP contribution < -0.4 is 14.8 Å². The highest BCUT2D eigenvalue weighted by atomic mass is 16.5. The molecule has 2 rings (SSSR count). The summed E-state index contributed by atoms with van der Waals surface area (Å²) in [6.07, 6.45) is 10.8. The summed E-state index contributed by atoms with van der Waals surface area (Å²) in [6, 6.07) is 6.09. The zero-order valence-electron chi connectivity index (χ0n) is 22.1. The van der Waals surface area contributed by atoms with Crippen LogP contribution in [-0.4, -0.2) is 58.1 Å². The van der Waals surface area contributed by atoms with Gasteiger partial charge in [0.25, 0.3) is 0 Å². The van der Waals surface area contributed by atoms with Crippen molar-refractivity contribution in [3.05, 3.63) is 23.8 Å². The molecule has 1 heterocycles. The first-order chi connectivity index (χ1) is 15.3. The van der Waals surface area contributed by atoms with Gasteiger partial charge in [-0.25, -0.2) is 0 Å². The molecule has 1 N–H and O–H groups in total. The average Bonchev–Trinajstić information content (AvgIpc) is 3.29. The number of nitrogens with zero attached hydrogens (tertiary/aromatic N) is 1. The molecule has 186 valence electrons. The smallest absolute Gasteiger partial charge is 0.160 e. The van der Waals surface area contributed by atoms with Crippen molar-refractivity contribution in [2.45, 2.75) is 90.5 Å². The third-order valence-electron chi connectivity index (χ3n) is 6.39. The van der Waals surface area contributed by atoms with E-state index in [2.05, 4.69) is 51.0 Å². The number of carbonyl (C=O) groups is 1. The maximum atomic E-state index is 9.84. The number of likely N-dealkylation sites (tertiary alicyclic amines) is 1. The number of benzene rings is 1. The van der Waals surface area contributed by atoms with Gasteiger partial charge in [-0.3, -0.25) is 0 Å². The van der Waals surface area contributed by atoms with Crippen molar-refractivity contribution < 1.29 is 14.3 Å². The van der Waals surface area contributed by atoms with E-state index in [1.807, 2.05) is 19.2 Å². The molecule has 5 nitrogen and oxygen atoms in total. The van der Waals surface area contributed by atoms with E-state index >= 15 is 0 Å². The summed E-state index contributed by atoms with van der Waals surface area (Å²) >= 11 is 0. The van der Waals surface area contributed by atoms with Crippen LogP contribution in [0, 0.1) is 0 Å². The fourth-order valence-corrected chi connectivity index (χ4v) is 3.46. The van der Waals surface area contributed by atoms with Crippen LogP contribution in [0.25, 0.3) is 0 Å². The van der Waals surface area contributed by atoms with Gasteiger partial charge < -0.3 is 24.5 Å². The van der Waals surface area contributed by atoms with Crippen LogP contribution in [0.3, 0.4) is 0 Å². The Hall–Kier alpha value is -1.59. The second kappa shape index (κ2) is 17.9. The lowest BCUT2D eigenvalue weighted by atomic mass is 9.83. The number of nitrogens with one attached hydrogen (secondary N) is 1. The van der Waals surface area contributed by atoms with E-state index in [9.17, 15) is 4.79 Å². The molecule has 1 aromatic rings. The molecule has 0 aromatic heterocycles. The lowest BCUT2D eigenvalue weighted by molar-refractivity contribution is -0.107. The summed E-state index contributed by atoms with van der Waals surface area (Å²) in [7, 11) is 7.47. The molecule has 1 atom stereocenters.